The lowest BCUT2D eigenvalue weighted by Crippen LogP contribution is -2.14. The van der Waals surface area contributed by atoms with Crippen molar-refractivity contribution in [3.8, 4) is 5.75 Å². The molecule has 0 saturated heterocycles. The van der Waals surface area contributed by atoms with Gasteiger partial charge in [0.15, 0.2) is 5.82 Å². The molecule has 6 nitrogen and oxygen atoms in total. The molecule has 1 aromatic heterocycles. The van der Waals surface area contributed by atoms with Crippen molar-refractivity contribution in [3.63, 3.8) is 0 Å². The van der Waals surface area contributed by atoms with Crippen LogP contribution in [0, 0.1) is 12.8 Å². The van der Waals surface area contributed by atoms with Crippen LogP contribution < -0.4 is 4.74 Å². The third-order valence-electron chi connectivity index (χ3n) is 4.63. The van der Waals surface area contributed by atoms with Gasteiger partial charge in [0, 0.05) is 19.3 Å². The number of ether oxygens (including phenoxy) is 1. The topological polar surface area (TPSA) is 67.2 Å². The van der Waals surface area contributed by atoms with Crippen LogP contribution in [0.3, 0.4) is 0 Å². The van der Waals surface area contributed by atoms with Gasteiger partial charge < -0.3 is 9.64 Å². The SMILES string of the molecule is CCN(C)/C=N\c1cc(Br)c(N=S(=O)(CCC(C)C)c2cccc(OC)c2)nc1C. The largest absolute Gasteiger partial charge is 0.497 e. The van der Waals surface area contributed by atoms with Crippen LogP contribution in [0.5, 0.6) is 5.75 Å². The number of aryl methyl sites for hydroxylation is 1. The van der Waals surface area contributed by atoms with Gasteiger partial charge in [-0.3, -0.25) is 0 Å². The molecule has 30 heavy (non-hydrogen) atoms. The Labute approximate surface area is 189 Å². The second-order valence-corrected chi connectivity index (χ2v) is 10.7. The van der Waals surface area contributed by atoms with Crippen LogP contribution in [0.2, 0.25) is 0 Å². The fourth-order valence-electron chi connectivity index (χ4n) is 2.55. The van der Waals surface area contributed by atoms with Gasteiger partial charge in [0.25, 0.3) is 0 Å². The van der Waals surface area contributed by atoms with Gasteiger partial charge in [-0.2, -0.15) is 4.36 Å². The van der Waals surface area contributed by atoms with E-state index in [0.717, 1.165) is 24.3 Å². The van der Waals surface area contributed by atoms with Crippen molar-refractivity contribution in [2.24, 2.45) is 15.3 Å². The highest BCUT2D eigenvalue weighted by Gasteiger charge is 2.17. The van der Waals surface area contributed by atoms with Crippen LogP contribution in [-0.4, -0.2) is 46.9 Å². The zero-order valence-electron chi connectivity index (χ0n) is 18.6. The summed E-state index contributed by atoms with van der Waals surface area (Å²) in [6.07, 6.45) is 2.57. The third kappa shape index (κ3) is 6.54. The minimum absolute atomic E-state index is 0.414. The van der Waals surface area contributed by atoms with Crippen molar-refractivity contribution in [2.45, 2.75) is 39.0 Å². The molecule has 0 aliphatic heterocycles. The maximum Gasteiger partial charge on any atom is 0.176 e. The normalized spacial score (nSPS) is 13.5. The fourth-order valence-corrected chi connectivity index (χ4v) is 5.29. The predicted octanol–water partition coefficient (Wildman–Crippen LogP) is 5.98. The molecule has 164 valence electrons. The van der Waals surface area contributed by atoms with Gasteiger partial charge in [0.1, 0.15) is 5.75 Å². The highest BCUT2D eigenvalue weighted by atomic mass is 79.9. The van der Waals surface area contributed by atoms with E-state index in [1.807, 2.05) is 43.1 Å². The average Bonchev–Trinajstić information content (AvgIpc) is 2.73. The van der Waals surface area contributed by atoms with Crippen molar-refractivity contribution in [3.05, 3.63) is 40.5 Å². The standard InChI is InChI=1S/C22H31BrN4O2S/c1-7-27(5)15-24-21-14-20(23)22(25-17(21)4)26-30(28,12-11-16(2)3)19-10-8-9-18(13-19)29-6/h8-10,13-16H,7,11-12H2,1-6H3/b24-15-. The van der Waals surface area contributed by atoms with E-state index in [-0.39, 0.29) is 0 Å². The molecule has 1 heterocycles. The smallest absolute Gasteiger partial charge is 0.176 e. The maximum atomic E-state index is 14.0. The van der Waals surface area contributed by atoms with Crippen LogP contribution in [0.4, 0.5) is 11.5 Å². The number of halogens is 1. The first kappa shape index (κ1) is 24.3. The molecule has 1 unspecified atom stereocenters. The average molecular weight is 495 g/mol. The summed E-state index contributed by atoms with van der Waals surface area (Å²) in [6.45, 7) is 9.03. The first-order valence-electron chi connectivity index (χ1n) is 9.99. The Balaban J connectivity index is 2.56. The lowest BCUT2D eigenvalue weighted by Gasteiger charge is -2.14. The summed E-state index contributed by atoms with van der Waals surface area (Å²) in [6, 6.07) is 9.19. The number of rotatable bonds is 9. The molecule has 0 N–H and O–H groups in total. The Morgan fingerprint density at radius 3 is 2.70 bits per heavy atom. The molecule has 1 aromatic carbocycles. The number of nitrogens with zero attached hydrogens (tertiary/aromatic N) is 4. The Hall–Kier alpha value is -1.93. The highest BCUT2D eigenvalue weighted by molar-refractivity contribution is 9.10. The molecule has 0 radical (unpaired) electrons. The Bertz CT molecular complexity index is 1010. The van der Waals surface area contributed by atoms with E-state index in [4.69, 9.17) is 4.74 Å². The first-order chi connectivity index (χ1) is 14.2. The molecule has 8 heteroatoms. The Morgan fingerprint density at radius 2 is 2.07 bits per heavy atom. The van der Waals surface area contributed by atoms with Crippen molar-refractivity contribution < 1.29 is 8.95 Å². The Morgan fingerprint density at radius 1 is 1.33 bits per heavy atom. The van der Waals surface area contributed by atoms with E-state index >= 15 is 0 Å². The minimum Gasteiger partial charge on any atom is -0.497 e. The zero-order valence-corrected chi connectivity index (χ0v) is 21.0. The molecule has 0 bridgehead atoms. The Kier molecular flexibility index (Phi) is 8.85. The van der Waals surface area contributed by atoms with Gasteiger partial charge in [-0.15, -0.1) is 0 Å². The van der Waals surface area contributed by atoms with Crippen molar-refractivity contribution in [1.29, 1.82) is 0 Å². The number of methoxy groups -OCH3 is 1. The van der Waals surface area contributed by atoms with Gasteiger partial charge in [-0.1, -0.05) is 19.9 Å². The van der Waals surface area contributed by atoms with E-state index in [2.05, 4.69) is 51.0 Å². The van der Waals surface area contributed by atoms with Crippen molar-refractivity contribution in [1.82, 2.24) is 9.88 Å². The predicted molar refractivity (Wildman–Crippen MR) is 129 cm³/mol. The van der Waals surface area contributed by atoms with Crippen LogP contribution in [-0.2, 0) is 9.73 Å². The lowest BCUT2D eigenvalue weighted by atomic mass is 10.2. The summed E-state index contributed by atoms with van der Waals surface area (Å²) in [5.41, 5.74) is 1.48. The van der Waals surface area contributed by atoms with E-state index in [1.54, 1.807) is 19.5 Å². The number of pyridine rings is 1. The van der Waals surface area contributed by atoms with Gasteiger partial charge in [0.2, 0.25) is 0 Å². The van der Waals surface area contributed by atoms with Crippen molar-refractivity contribution >= 4 is 43.5 Å². The minimum atomic E-state index is -2.72. The van der Waals surface area contributed by atoms with Gasteiger partial charge in [-0.25, -0.2) is 14.2 Å². The molecule has 0 saturated carbocycles. The number of benzene rings is 1. The number of hydrogen-bond donors (Lipinski definition) is 0. The highest BCUT2D eigenvalue weighted by Crippen LogP contribution is 2.33. The first-order valence-corrected chi connectivity index (χ1v) is 12.5. The van der Waals surface area contributed by atoms with Crippen LogP contribution >= 0.6 is 15.9 Å². The molecule has 0 fully saturated rings. The second kappa shape index (κ2) is 10.9. The number of hydrogen-bond acceptors (Lipinski definition) is 5. The fraction of sp³-hybridized carbons (Fsp3) is 0.455. The zero-order chi connectivity index (χ0) is 22.3. The summed E-state index contributed by atoms with van der Waals surface area (Å²) < 4.78 is 24.7. The van der Waals surface area contributed by atoms with Gasteiger partial charge >= 0.3 is 0 Å². The summed E-state index contributed by atoms with van der Waals surface area (Å²) >= 11 is 3.54. The van der Waals surface area contributed by atoms with E-state index < -0.39 is 9.73 Å². The molecule has 1 atom stereocenters. The van der Waals surface area contributed by atoms with Crippen LogP contribution in [0.25, 0.3) is 0 Å². The van der Waals surface area contributed by atoms with E-state index in [9.17, 15) is 4.21 Å². The van der Waals surface area contributed by atoms with Crippen LogP contribution in [0.1, 0.15) is 32.9 Å². The maximum absolute atomic E-state index is 14.0. The quantitative estimate of drug-likeness (QED) is 0.317. The molecule has 0 aliphatic rings. The van der Waals surface area contributed by atoms with E-state index in [1.165, 1.54) is 0 Å². The molecule has 0 amide bonds. The monoisotopic (exact) mass is 494 g/mol. The molecule has 0 spiro atoms. The van der Waals surface area contributed by atoms with Crippen molar-refractivity contribution in [2.75, 3.05) is 26.5 Å². The molecule has 2 aromatic rings. The summed E-state index contributed by atoms with van der Waals surface area (Å²) in [4.78, 5) is 11.7. The number of aliphatic imine (C=N–C) groups is 1. The molecule has 0 aliphatic carbocycles. The second-order valence-electron chi connectivity index (χ2n) is 7.51. The number of aromatic nitrogens is 1. The summed E-state index contributed by atoms with van der Waals surface area (Å²) in [5, 5.41) is 0. The summed E-state index contributed by atoms with van der Waals surface area (Å²) in [7, 11) is 0.837. The molecular formula is C22H31BrN4O2S. The van der Waals surface area contributed by atoms with Crippen LogP contribution in [0.15, 0.2) is 49.1 Å². The van der Waals surface area contributed by atoms with Gasteiger partial charge in [-0.05, 0) is 66.4 Å². The van der Waals surface area contributed by atoms with Gasteiger partial charge in [0.05, 0.1) is 43.9 Å². The third-order valence-corrected chi connectivity index (χ3v) is 7.46. The lowest BCUT2D eigenvalue weighted by molar-refractivity contribution is 0.413. The molecule has 2 rings (SSSR count). The summed E-state index contributed by atoms with van der Waals surface area (Å²) in [5.74, 6) is 1.95. The molecular weight excluding hydrogens is 464 g/mol. The van der Waals surface area contributed by atoms with E-state index in [0.29, 0.717) is 32.6 Å².